The summed E-state index contributed by atoms with van der Waals surface area (Å²) in [5.41, 5.74) is 0.799. The second-order valence-corrected chi connectivity index (χ2v) is 9.79. The molecule has 0 bridgehead atoms. The largest absolute Gasteiger partial charge is 0.396 e. The minimum absolute atomic E-state index is 0.0835. The lowest BCUT2D eigenvalue weighted by molar-refractivity contribution is -0.130. The number of piperidine rings is 1. The van der Waals surface area contributed by atoms with Gasteiger partial charge >= 0.3 is 0 Å². The van der Waals surface area contributed by atoms with E-state index in [1.165, 1.54) is 6.08 Å². The molecular weight excluding hydrogens is 477 g/mol. The van der Waals surface area contributed by atoms with Gasteiger partial charge in [0.2, 0.25) is 11.8 Å². The van der Waals surface area contributed by atoms with Crippen LogP contribution in [0.4, 0.5) is 0 Å². The molecule has 2 fully saturated rings. The zero-order valence-electron chi connectivity index (χ0n) is 19.8. The molecule has 2 aliphatic heterocycles. The van der Waals surface area contributed by atoms with Crippen molar-refractivity contribution in [1.82, 2.24) is 14.7 Å². The third kappa shape index (κ3) is 7.68. The Morgan fingerprint density at radius 1 is 1.15 bits per heavy atom. The van der Waals surface area contributed by atoms with E-state index in [2.05, 4.69) is 4.90 Å². The van der Waals surface area contributed by atoms with Crippen LogP contribution >= 0.6 is 23.2 Å². The first kappa shape index (κ1) is 27.0. The monoisotopic (exact) mass is 511 g/mol. The summed E-state index contributed by atoms with van der Waals surface area (Å²) in [5, 5.41) is 10.4. The maximum Gasteiger partial charge on any atom is 0.246 e. The van der Waals surface area contributed by atoms with Crippen molar-refractivity contribution in [2.24, 2.45) is 5.92 Å². The highest BCUT2D eigenvalue weighted by Crippen LogP contribution is 2.23. The van der Waals surface area contributed by atoms with Gasteiger partial charge in [-0.25, -0.2) is 0 Å². The highest BCUT2D eigenvalue weighted by molar-refractivity contribution is 6.42. The second-order valence-electron chi connectivity index (χ2n) is 8.98. The van der Waals surface area contributed by atoms with Gasteiger partial charge in [-0.3, -0.25) is 9.59 Å². The molecule has 2 atom stereocenters. The maximum atomic E-state index is 12.6. The van der Waals surface area contributed by atoms with Crippen molar-refractivity contribution < 1.29 is 19.4 Å². The molecule has 2 amide bonds. The molecule has 188 valence electrons. The van der Waals surface area contributed by atoms with Crippen LogP contribution in [-0.4, -0.2) is 97.3 Å². The van der Waals surface area contributed by atoms with Crippen molar-refractivity contribution in [3.63, 3.8) is 0 Å². The van der Waals surface area contributed by atoms with Gasteiger partial charge in [0, 0.05) is 64.9 Å². The van der Waals surface area contributed by atoms with Gasteiger partial charge < -0.3 is 24.5 Å². The summed E-state index contributed by atoms with van der Waals surface area (Å²) in [6.07, 6.45) is 6.53. The smallest absolute Gasteiger partial charge is 0.246 e. The number of nitrogens with zero attached hydrogens (tertiary/aromatic N) is 3. The molecule has 9 heteroatoms. The van der Waals surface area contributed by atoms with Crippen LogP contribution < -0.4 is 0 Å². The van der Waals surface area contributed by atoms with Crippen LogP contribution in [0.5, 0.6) is 0 Å². The highest BCUT2D eigenvalue weighted by atomic mass is 35.5. The van der Waals surface area contributed by atoms with Crippen LogP contribution in [0.3, 0.4) is 0 Å². The molecule has 1 aromatic rings. The number of carbonyl (C=O) groups excluding carboxylic acids is 2. The Balaban J connectivity index is 1.40. The molecule has 0 unspecified atom stereocenters. The standard InChI is InChI=1S/C25H35Cl2N3O4/c1-34-23-17-28(12-8-20(23)18-31)10-2-3-11-29-14-15-30(13-9-25(29)33)24(32)7-5-19-4-6-21(26)22(27)16-19/h4-7,16,20,23,31H,2-3,8-15,17-18H2,1H3/b7-5+/t20-,23-/m0/s1. The fraction of sp³-hybridized carbons (Fsp3) is 0.600. The van der Waals surface area contributed by atoms with E-state index >= 15 is 0 Å². The molecule has 0 saturated carbocycles. The quantitative estimate of drug-likeness (QED) is 0.407. The molecule has 1 aromatic carbocycles. The number of rotatable bonds is 9. The van der Waals surface area contributed by atoms with E-state index in [1.54, 1.807) is 36.3 Å². The number of halogens is 2. The molecule has 2 aliphatic rings. The van der Waals surface area contributed by atoms with Gasteiger partial charge in [-0.15, -0.1) is 0 Å². The van der Waals surface area contributed by atoms with Crippen molar-refractivity contribution in [3.05, 3.63) is 39.9 Å². The summed E-state index contributed by atoms with van der Waals surface area (Å²) in [6.45, 7) is 5.17. The van der Waals surface area contributed by atoms with E-state index in [0.717, 1.165) is 44.5 Å². The van der Waals surface area contributed by atoms with E-state index in [-0.39, 0.29) is 30.4 Å². The van der Waals surface area contributed by atoms with Crippen molar-refractivity contribution in [2.75, 3.05) is 59.5 Å². The predicted molar refractivity (Wildman–Crippen MR) is 135 cm³/mol. The second kappa shape index (κ2) is 13.4. The van der Waals surface area contributed by atoms with E-state index in [9.17, 15) is 14.7 Å². The van der Waals surface area contributed by atoms with Crippen molar-refractivity contribution in [3.8, 4) is 0 Å². The highest BCUT2D eigenvalue weighted by Gasteiger charge is 2.28. The lowest BCUT2D eigenvalue weighted by Gasteiger charge is -2.37. The Bertz CT molecular complexity index is 867. The number of hydrogen-bond donors (Lipinski definition) is 1. The predicted octanol–water partition coefficient (Wildman–Crippen LogP) is 3.18. The summed E-state index contributed by atoms with van der Waals surface area (Å²) in [4.78, 5) is 31.2. The summed E-state index contributed by atoms with van der Waals surface area (Å²) in [5.74, 6) is 0.215. The van der Waals surface area contributed by atoms with E-state index < -0.39 is 0 Å². The summed E-state index contributed by atoms with van der Waals surface area (Å²) >= 11 is 12.0. The molecule has 34 heavy (non-hydrogen) atoms. The number of aliphatic hydroxyl groups excluding tert-OH is 1. The van der Waals surface area contributed by atoms with Crippen molar-refractivity contribution in [1.29, 1.82) is 0 Å². The van der Waals surface area contributed by atoms with E-state index in [4.69, 9.17) is 27.9 Å². The Morgan fingerprint density at radius 3 is 2.68 bits per heavy atom. The Labute approximate surface area is 212 Å². The van der Waals surface area contributed by atoms with Crippen LogP contribution in [0.2, 0.25) is 10.0 Å². The van der Waals surface area contributed by atoms with Gasteiger partial charge in [0.25, 0.3) is 0 Å². The van der Waals surface area contributed by atoms with E-state index in [0.29, 0.717) is 42.6 Å². The normalized spacial score (nSPS) is 22.4. The summed E-state index contributed by atoms with van der Waals surface area (Å²) in [7, 11) is 1.71. The number of likely N-dealkylation sites (tertiary alicyclic amines) is 1. The lowest BCUT2D eigenvalue weighted by Crippen LogP contribution is -2.46. The van der Waals surface area contributed by atoms with Gasteiger partial charge in [-0.05, 0) is 56.1 Å². The SMILES string of the molecule is CO[C@H]1CN(CCCCN2CCN(C(=O)/C=C/c3ccc(Cl)c(Cl)c3)CCC2=O)CC[C@H]1CO. The van der Waals surface area contributed by atoms with Crippen molar-refractivity contribution >= 4 is 41.1 Å². The van der Waals surface area contributed by atoms with Crippen LogP contribution in [0.15, 0.2) is 24.3 Å². The number of hydrogen-bond acceptors (Lipinski definition) is 5. The molecule has 2 heterocycles. The molecule has 1 N–H and O–H groups in total. The topological polar surface area (TPSA) is 73.3 Å². The number of aliphatic hydroxyl groups is 1. The van der Waals surface area contributed by atoms with Gasteiger partial charge in [0.1, 0.15) is 0 Å². The van der Waals surface area contributed by atoms with Crippen LogP contribution in [0, 0.1) is 5.92 Å². The van der Waals surface area contributed by atoms with E-state index in [1.807, 2.05) is 4.90 Å². The zero-order chi connectivity index (χ0) is 24.5. The van der Waals surface area contributed by atoms with Crippen LogP contribution in [0.1, 0.15) is 31.2 Å². The molecule has 7 nitrogen and oxygen atoms in total. The molecular formula is C25H35Cl2N3O4. The van der Waals surface area contributed by atoms with Crippen molar-refractivity contribution in [2.45, 2.75) is 31.8 Å². The van der Waals surface area contributed by atoms with Gasteiger partial charge in [0.05, 0.1) is 16.1 Å². The van der Waals surface area contributed by atoms with Crippen LogP contribution in [-0.2, 0) is 14.3 Å². The van der Waals surface area contributed by atoms with Gasteiger partial charge in [-0.1, -0.05) is 29.3 Å². The fourth-order valence-electron chi connectivity index (χ4n) is 4.56. The Hall–Kier alpha value is -1.64. The lowest BCUT2D eigenvalue weighted by atomic mass is 9.94. The number of ether oxygens (including phenoxy) is 1. The third-order valence-corrected chi connectivity index (χ3v) is 7.47. The first-order valence-corrected chi connectivity index (χ1v) is 12.7. The molecule has 0 radical (unpaired) electrons. The number of carbonyl (C=O) groups is 2. The van der Waals surface area contributed by atoms with Crippen LogP contribution in [0.25, 0.3) is 6.08 Å². The molecule has 0 aromatic heterocycles. The summed E-state index contributed by atoms with van der Waals surface area (Å²) < 4.78 is 5.53. The minimum atomic E-state index is -0.111. The fourth-order valence-corrected chi connectivity index (χ4v) is 4.87. The molecule has 0 aliphatic carbocycles. The Kier molecular flexibility index (Phi) is 10.7. The number of benzene rings is 1. The molecule has 0 spiro atoms. The Morgan fingerprint density at radius 2 is 1.94 bits per heavy atom. The number of amides is 2. The maximum absolute atomic E-state index is 12.6. The van der Waals surface area contributed by atoms with Gasteiger partial charge in [0.15, 0.2) is 0 Å². The zero-order valence-corrected chi connectivity index (χ0v) is 21.3. The first-order chi connectivity index (χ1) is 16.4. The average Bonchev–Trinajstić information content (AvgIpc) is 3.03. The molecule has 2 saturated heterocycles. The first-order valence-electron chi connectivity index (χ1n) is 12.0. The average molecular weight is 512 g/mol. The number of methoxy groups -OCH3 is 1. The summed E-state index contributed by atoms with van der Waals surface area (Å²) in [6, 6.07) is 5.21. The number of unbranched alkanes of at least 4 members (excludes halogenated alkanes) is 1. The van der Waals surface area contributed by atoms with Gasteiger partial charge in [-0.2, -0.15) is 0 Å². The molecule has 3 rings (SSSR count). The third-order valence-electron chi connectivity index (χ3n) is 6.73. The minimum Gasteiger partial charge on any atom is -0.396 e.